The Bertz CT molecular complexity index is 1020. The number of hydrogen-bond acceptors (Lipinski definition) is 12. The molecule has 0 radical (unpaired) electrons. The average molecular weight is 442 g/mol. The van der Waals surface area contributed by atoms with Gasteiger partial charge in [-0.3, -0.25) is 18.7 Å². The van der Waals surface area contributed by atoms with Crippen LogP contribution in [0.4, 0.5) is 17.5 Å². The van der Waals surface area contributed by atoms with Crippen molar-refractivity contribution in [3.63, 3.8) is 0 Å². The highest BCUT2D eigenvalue weighted by molar-refractivity contribution is 7.49. The number of aromatic amines is 1. The van der Waals surface area contributed by atoms with Gasteiger partial charge >= 0.3 is 0 Å². The predicted molar refractivity (Wildman–Crippen MR) is 102 cm³/mol. The third-order valence-corrected chi connectivity index (χ3v) is 6.25. The minimum absolute atomic E-state index is 0.0812. The van der Waals surface area contributed by atoms with Crippen LogP contribution in [0.3, 0.4) is 0 Å². The second-order valence-electron chi connectivity index (χ2n) is 6.90. The lowest BCUT2D eigenvalue weighted by molar-refractivity contribution is -0.205. The van der Waals surface area contributed by atoms with Gasteiger partial charge in [0.25, 0.3) is 5.56 Å². The van der Waals surface area contributed by atoms with E-state index in [1.165, 1.54) is 19.5 Å². The van der Waals surface area contributed by atoms with Crippen LogP contribution in [0.15, 0.2) is 23.5 Å². The van der Waals surface area contributed by atoms with Gasteiger partial charge in [0.2, 0.25) is 13.7 Å². The van der Waals surface area contributed by atoms with Gasteiger partial charge in [-0.25, -0.2) is 4.98 Å². The van der Waals surface area contributed by atoms with Gasteiger partial charge in [-0.1, -0.05) is 0 Å². The first-order chi connectivity index (χ1) is 14.2. The molecule has 14 nitrogen and oxygen atoms in total. The van der Waals surface area contributed by atoms with Crippen LogP contribution >= 0.6 is 7.75 Å². The Balaban J connectivity index is 1.55. The largest absolute Gasteiger partial charge is 0.761 e. The van der Waals surface area contributed by atoms with Crippen molar-refractivity contribution in [3.05, 3.63) is 29.1 Å². The number of nitrogen functional groups attached to an aromatic ring is 1. The zero-order chi connectivity index (χ0) is 21.6. The topological polar surface area (TPSA) is 184 Å². The smallest absolute Gasteiger partial charge is 0.278 e. The second kappa shape index (κ2) is 7.65. The van der Waals surface area contributed by atoms with Gasteiger partial charge in [-0.15, -0.1) is 0 Å². The fourth-order valence-electron chi connectivity index (χ4n) is 3.62. The minimum Gasteiger partial charge on any atom is -0.761 e. The van der Waals surface area contributed by atoms with Gasteiger partial charge < -0.3 is 39.5 Å². The first-order valence-electron chi connectivity index (χ1n) is 8.91. The van der Waals surface area contributed by atoms with E-state index in [0.717, 1.165) is 10.7 Å². The van der Waals surface area contributed by atoms with Crippen molar-refractivity contribution in [2.75, 3.05) is 43.0 Å². The molecule has 0 saturated carbocycles. The summed E-state index contributed by atoms with van der Waals surface area (Å²) in [4.78, 5) is 37.9. The van der Waals surface area contributed by atoms with Crippen LogP contribution < -0.4 is 26.0 Å². The second-order valence-corrected chi connectivity index (χ2v) is 8.55. The fraction of sp³-hybridized carbons (Fsp3) is 0.533. The van der Waals surface area contributed by atoms with Crippen molar-refractivity contribution in [1.29, 1.82) is 0 Å². The molecule has 5 atom stereocenters. The van der Waals surface area contributed by atoms with Crippen LogP contribution in [0.25, 0.3) is 0 Å². The highest BCUT2D eigenvalue weighted by atomic mass is 31.2. The van der Waals surface area contributed by atoms with E-state index < -0.39 is 44.5 Å². The van der Waals surface area contributed by atoms with E-state index in [2.05, 4.69) is 15.0 Å². The van der Waals surface area contributed by atoms with Gasteiger partial charge in [0, 0.05) is 26.6 Å². The zero-order valence-electron chi connectivity index (χ0n) is 16.1. The standard InChI is InChI=1S/C15H22N7O7P/c1-20-7-22(12-9(20)13(24)19-15(16)18-12)14-10(23)11(27-2)8(29-14)5-28-30(25,26)21-4-3-17-6-21/h3-4,6,8,10-11,14,23H,5,7H2,1-2H3,(H,25,26)(H3,16,18,19,24)/p-1/t8-,10+,11?,14-/m0/s1. The van der Waals surface area contributed by atoms with Gasteiger partial charge in [-0.2, -0.15) is 4.98 Å². The molecule has 164 valence electrons. The third-order valence-electron chi connectivity index (χ3n) is 4.98. The number of nitrogens with two attached hydrogens (primary N) is 1. The minimum atomic E-state index is -4.44. The van der Waals surface area contributed by atoms with E-state index in [1.54, 1.807) is 16.8 Å². The van der Waals surface area contributed by atoms with Crippen LogP contribution in [0, 0.1) is 0 Å². The number of imidazole rings is 1. The summed E-state index contributed by atoms with van der Waals surface area (Å²) in [6, 6.07) is 0. The number of ether oxygens (including phenoxy) is 2. The normalized spacial score (nSPS) is 28.0. The van der Waals surface area contributed by atoms with E-state index in [9.17, 15) is 19.4 Å². The molecule has 2 aromatic rings. The van der Waals surface area contributed by atoms with Crippen molar-refractivity contribution in [3.8, 4) is 0 Å². The molecule has 15 heteroatoms. The van der Waals surface area contributed by atoms with Crippen molar-refractivity contribution in [2.45, 2.75) is 24.5 Å². The number of methoxy groups -OCH3 is 1. The van der Waals surface area contributed by atoms with Crippen LogP contribution in [0.1, 0.15) is 0 Å². The summed E-state index contributed by atoms with van der Waals surface area (Å²) in [6.45, 7) is -0.206. The molecule has 0 spiro atoms. The summed E-state index contributed by atoms with van der Waals surface area (Å²) in [6.07, 6.45) is -0.302. The number of nitrogens with one attached hydrogen (secondary N) is 1. The molecule has 30 heavy (non-hydrogen) atoms. The molecule has 1 saturated heterocycles. The molecule has 2 aliphatic rings. The number of aromatic nitrogens is 4. The van der Waals surface area contributed by atoms with Gasteiger partial charge in [0.05, 0.1) is 13.3 Å². The number of nitrogens with zero attached hydrogens (tertiary/aromatic N) is 5. The van der Waals surface area contributed by atoms with Crippen molar-refractivity contribution < 1.29 is 28.6 Å². The average Bonchev–Trinajstić information content (AvgIpc) is 3.39. The predicted octanol–water partition coefficient (Wildman–Crippen LogP) is -2.10. The summed E-state index contributed by atoms with van der Waals surface area (Å²) in [5, 5.41) is 10.8. The molecular formula is C15H21N7O7P-. The Kier molecular flexibility index (Phi) is 5.30. The van der Waals surface area contributed by atoms with Crippen molar-refractivity contribution in [2.24, 2.45) is 0 Å². The number of hydrogen-bond donors (Lipinski definition) is 3. The monoisotopic (exact) mass is 442 g/mol. The summed E-state index contributed by atoms with van der Waals surface area (Å²) in [5.41, 5.74) is 5.51. The zero-order valence-corrected chi connectivity index (χ0v) is 17.0. The molecule has 0 bridgehead atoms. The molecule has 2 aliphatic heterocycles. The maximum atomic E-state index is 12.2. The number of H-pyrrole nitrogens is 1. The van der Waals surface area contributed by atoms with Gasteiger partial charge in [0.15, 0.2) is 12.0 Å². The Morgan fingerprint density at radius 2 is 2.30 bits per heavy atom. The maximum Gasteiger partial charge on any atom is 0.278 e. The molecule has 0 amide bonds. The lowest BCUT2D eigenvalue weighted by Gasteiger charge is -2.28. The first-order valence-corrected chi connectivity index (χ1v) is 10.4. The molecular weight excluding hydrogens is 421 g/mol. The quantitative estimate of drug-likeness (QED) is 0.415. The summed E-state index contributed by atoms with van der Waals surface area (Å²) in [5.74, 6) is 0.162. The van der Waals surface area contributed by atoms with Gasteiger partial charge in [0.1, 0.15) is 30.3 Å². The first kappa shape index (κ1) is 20.8. The van der Waals surface area contributed by atoms with Crippen molar-refractivity contribution >= 4 is 25.2 Å². The number of anilines is 3. The lowest BCUT2D eigenvalue weighted by Crippen LogP contribution is -2.46. The number of rotatable bonds is 6. The van der Waals surface area contributed by atoms with Crippen LogP contribution in [0.5, 0.6) is 0 Å². The molecule has 1 fully saturated rings. The Labute approximate surface area is 170 Å². The SMILES string of the molecule is COC1[C@H](COP(=O)([O-])n2ccnc2)O[C@H](N2CN(C)c3c2nc(N)[nH]c3=O)[C@@H]1O. The Hall–Kier alpha value is -2.48. The number of aliphatic hydroxyl groups is 1. The summed E-state index contributed by atoms with van der Waals surface area (Å²) >= 11 is 0. The van der Waals surface area contributed by atoms with E-state index in [4.69, 9.17) is 19.7 Å². The third kappa shape index (κ3) is 3.47. The lowest BCUT2D eigenvalue weighted by atomic mass is 10.1. The van der Waals surface area contributed by atoms with Crippen LogP contribution in [-0.4, -0.2) is 76.4 Å². The number of aliphatic hydroxyl groups excluding tert-OH is 1. The summed E-state index contributed by atoms with van der Waals surface area (Å²) < 4.78 is 29.3. The van der Waals surface area contributed by atoms with E-state index in [-0.39, 0.29) is 24.1 Å². The molecule has 0 aromatic carbocycles. The highest BCUT2D eigenvalue weighted by Crippen LogP contribution is 2.41. The Morgan fingerprint density at radius 1 is 1.53 bits per heavy atom. The van der Waals surface area contributed by atoms with Crippen LogP contribution in [0.2, 0.25) is 0 Å². The van der Waals surface area contributed by atoms with Crippen molar-refractivity contribution in [1.82, 2.24) is 19.3 Å². The fourth-order valence-corrected chi connectivity index (χ4v) is 4.49. The van der Waals surface area contributed by atoms with Crippen LogP contribution in [-0.2, 0) is 18.6 Å². The molecule has 4 heterocycles. The number of fused-ring (bicyclic) bond motifs is 1. The van der Waals surface area contributed by atoms with E-state index >= 15 is 0 Å². The molecule has 0 aliphatic carbocycles. The maximum absolute atomic E-state index is 12.2. The van der Waals surface area contributed by atoms with Gasteiger partial charge in [-0.05, 0) is 0 Å². The van der Waals surface area contributed by atoms with E-state index in [0.29, 0.717) is 0 Å². The molecule has 2 aromatic heterocycles. The van der Waals surface area contributed by atoms with E-state index in [1.807, 2.05) is 0 Å². The molecule has 2 unspecified atom stereocenters. The molecule has 4 N–H and O–H groups in total. The molecule has 4 rings (SSSR count). The summed E-state index contributed by atoms with van der Waals surface area (Å²) in [7, 11) is -1.39. The highest BCUT2D eigenvalue weighted by Gasteiger charge is 2.49. The Morgan fingerprint density at radius 3 is 2.97 bits per heavy atom.